The Morgan fingerprint density at radius 1 is 1.02 bits per heavy atom. The number of amides is 1. The van der Waals surface area contributed by atoms with Crippen molar-refractivity contribution in [3.05, 3.63) is 91.2 Å². The number of likely N-dealkylation sites (tertiary alicyclic amines) is 1. The molecule has 3 N–H and O–H groups in total. The average molecular weight is 628 g/mol. The fraction of sp³-hybridized carbons (Fsp3) is 0.486. The lowest BCUT2D eigenvalue weighted by molar-refractivity contribution is -0.0980. The number of nitrogens with one attached hydrogen (secondary N) is 1. The van der Waals surface area contributed by atoms with Crippen molar-refractivity contribution in [3.63, 3.8) is 0 Å². The summed E-state index contributed by atoms with van der Waals surface area (Å²) in [5.41, 5.74) is 6.86. The normalized spacial score (nSPS) is 18.1. The van der Waals surface area contributed by atoms with E-state index in [1.54, 1.807) is 11.1 Å². The molecule has 2 fully saturated rings. The maximum absolute atomic E-state index is 11.5. The molecule has 7 heteroatoms. The third kappa shape index (κ3) is 19.9. The zero-order chi connectivity index (χ0) is 34.1. The van der Waals surface area contributed by atoms with Gasteiger partial charge < -0.3 is 24.9 Å². The summed E-state index contributed by atoms with van der Waals surface area (Å²) in [6.45, 7) is 25.1. The molecule has 248 valence electrons. The van der Waals surface area contributed by atoms with Crippen LogP contribution in [0.3, 0.4) is 0 Å². The summed E-state index contributed by atoms with van der Waals surface area (Å²) >= 11 is 0. The summed E-state index contributed by atoms with van der Waals surface area (Å²) in [6.07, 6.45) is 8.18. The Hall–Kier alpha value is -3.16. The fourth-order valence-corrected chi connectivity index (χ4v) is 4.94. The van der Waals surface area contributed by atoms with Crippen LogP contribution in [0.25, 0.3) is 0 Å². The van der Waals surface area contributed by atoms with Crippen molar-refractivity contribution in [1.29, 1.82) is 0 Å². The van der Waals surface area contributed by atoms with Crippen molar-refractivity contribution in [2.24, 2.45) is 23.5 Å². The molecule has 0 aromatic heterocycles. The summed E-state index contributed by atoms with van der Waals surface area (Å²) in [7, 11) is 1.29. The highest BCUT2D eigenvalue weighted by Gasteiger charge is 2.28. The van der Waals surface area contributed by atoms with E-state index in [2.05, 4.69) is 97.9 Å². The van der Waals surface area contributed by atoms with Crippen LogP contribution in [0.1, 0.15) is 72.4 Å². The Bertz CT molecular complexity index is 1070. The van der Waals surface area contributed by atoms with Crippen LogP contribution in [0, 0.1) is 17.8 Å². The van der Waals surface area contributed by atoms with Crippen molar-refractivity contribution < 1.29 is 14.3 Å². The lowest BCUT2D eigenvalue weighted by Gasteiger charge is -2.24. The van der Waals surface area contributed by atoms with Gasteiger partial charge >= 0.3 is 6.09 Å². The highest BCUT2D eigenvalue weighted by molar-refractivity contribution is 8.12. The van der Waals surface area contributed by atoms with Crippen molar-refractivity contribution >= 4 is 29.4 Å². The zero-order valence-electron chi connectivity index (χ0n) is 28.8. The Labute approximate surface area is 272 Å². The average Bonchev–Trinajstić information content (AvgIpc) is 3.59. The van der Waals surface area contributed by atoms with Crippen molar-refractivity contribution in [1.82, 2.24) is 9.62 Å². The molecule has 1 saturated carbocycles. The van der Waals surface area contributed by atoms with Gasteiger partial charge in [0.25, 0.3) is 0 Å². The molecule has 1 saturated heterocycles. The van der Waals surface area contributed by atoms with Gasteiger partial charge in [0.2, 0.25) is 0 Å². The minimum atomic E-state index is -0.372. The molecule has 44 heavy (non-hydrogen) atoms. The van der Waals surface area contributed by atoms with Gasteiger partial charge in [0.15, 0.2) is 0 Å². The highest BCUT2D eigenvalue weighted by atomic mass is 32.2. The molecule has 4 rings (SSSR count). The van der Waals surface area contributed by atoms with Gasteiger partial charge in [0.1, 0.15) is 12.4 Å². The second-order valence-electron chi connectivity index (χ2n) is 11.3. The van der Waals surface area contributed by atoms with E-state index in [-0.39, 0.29) is 22.4 Å². The van der Waals surface area contributed by atoms with Crippen LogP contribution in [0.5, 0.6) is 0 Å². The van der Waals surface area contributed by atoms with Crippen molar-refractivity contribution in [2.45, 2.75) is 84.6 Å². The Morgan fingerprint density at radius 2 is 1.57 bits per heavy atom. The third-order valence-electron chi connectivity index (χ3n) is 6.50. The maximum Gasteiger partial charge on any atom is 0.410 e. The third-order valence-corrected chi connectivity index (χ3v) is 7.78. The summed E-state index contributed by atoms with van der Waals surface area (Å²) in [6, 6.07) is 19.2. The molecule has 3 unspecified atom stereocenters. The van der Waals surface area contributed by atoms with Crippen LogP contribution in [-0.2, 0) is 22.4 Å². The van der Waals surface area contributed by atoms with Crippen LogP contribution in [0.15, 0.2) is 84.9 Å². The molecule has 0 bridgehead atoms. The number of nitrogens with two attached hydrogens (primary N) is 1. The predicted octanol–water partition coefficient (Wildman–Crippen LogP) is 8.69. The number of aryl methyl sites for hydroxylation is 2. The number of carbonyl (C=O) groups is 2. The van der Waals surface area contributed by atoms with E-state index < -0.39 is 0 Å². The molecule has 0 spiro atoms. The van der Waals surface area contributed by atoms with E-state index >= 15 is 0 Å². The second kappa shape index (κ2) is 25.2. The fourth-order valence-electron chi connectivity index (χ4n) is 4.06. The van der Waals surface area contributed by atoms with E-state index in [0.29, 0.717) is 5.92 Å². The van der Waals surface area contributed by atoms with Crippen LogP contribution in [0.4, 0.5) is 4.79 Å². The van der Waals surface area contributed by atoms with Crippen LogP contribution in [0.2, 0.25) is 0 Å². The number of hydrogen-bond donors (Lipinski definition) is 2. The van der Waals surface area contributed by atoms with Gasteiger partial charge in [-0.25, -0.2) is 4.79 Å². The van der Waals surface area contributed by atoms with Crippen LogP contribution < -0.4 is 10.5 Å². The summed E-state index contributed by atoms with van der Waals surface area (Å²) in [5, 5.41) is 0. The van der Waals surface area contributed by atoms with Gasteiger partial charge in [-0.1, -0.05) is 99.4 Å². The predicted molar refractivity (Wildman–Crippen MR) is 194 cm³/mol. The first-order valence-corrected chi connectivity index (χ1v) is 16.9. The Morgan fingerprint density at radius 3 is 2.00 bits per heavy atom. The molecule has 2 aliphatic rings. The second-order valence-corrected chi connectivity index (χ2v) is 12.8. The Balaban J connectivity index is 0. The molecule has 1 heterocycles. The van der Waals surface area contributed by atoms with Crippen molar-refractivity contribution in [3.8, 4) is 0 Å². The van der Waals surface area contributed by atoms with Crippen molar-refractivity contribution in [2.75, 3.05) is 20.1 Å². The van der Waals surface area contributed by atoms with E-state index in [0.717, 1.165) is 44.2 Å². The molecule has 2 aromatic carbocycles. The number of nitrogens with zero attached hydrogens (tertiary/aromatic N) is 1. The lowest BCUT2D eigenvalue weighted by Crippen LogP contribution is -2.35. The number of carbonyl (C=O) groups excluding carboxylic acids is 2. The van der Waals surface area contributed by atoms with Gasteiger partial charge in [-0.15, -0.1) is 6.58 Å². The lowest BCUT2D eigenvalue weighted by atomic mass is 10.0. The van der Waals surface area contributed by atoms with Crippen LogP contribution >= 0.6 is 10.7 Å². The largest absolute Gasteiger partial charge is 0.444 e. The van der Waals surface area contributed by atoms with Gasteiger partial charge in [0, 0.05) is 18.0 Å². The number of hydrogen-bond acceptors (Lipinski definition) is 5. The number of allylic oxidation sites excluding steroid dienone is 1. The molecule has 2 aromatic rings. The first-order valence-electron chi connectivity index (χ1n) is 15.5. The van der Waals surface area contributed by atoms with E-state index in [9.17, 15) is 4.79 Å². The van der Waals surface area contributed by atoms with E-state index in [1.807, 2.05) is 47.5 Å². The number of rotatable bonds is 7. The number of ether oxygens (including phenoxy) is 1. The molecule has 1 amide bonds. The standard InChI is InChI=1S/C17H19NS.C10H19NO2.C6H10.C2H6.CH5N.CH2O/c1-3-18-19(2)17-11-7-10-16(14-17)13-12-15-8-5-4-6-9-15;1-8-5-6-11(7-8)9(12)13-10(2,3)4;1-3-6-4-5(6)2;3*1-2/h3-11,14,18H,1-2,12-13H2;8H,5-7H2,1-4H3;3,5-6H,1,4H2,2H3;1-2H3;2H2,1H3;1H2/t;8-;;;;/m.0..../s1. The quantitative estimate of drug-likeness (QED) is 0.237. The topological polar surface area (TPSA) is 84.7 Å². The van der Waals surface area contributed by atoms with Crippen LogP contribution in [-0.4, -0.2) is 49.4 Å². The first kappa shape index (κ1) is 43.0. The molecule has 0 radical (unpaired) electrons. The summed E-state index contributed by atoms with van der Waals surface area (Å²) in [5.74, 6) is 6.53. The summed E-state index contributed by atoms with van der Waals surface area (Å²) < 4.78 is 8.40. The van der Waals surface area contributed by atoms with Gasteiger partial charge in [0.05, 0.1) is 0 Å². The maximum atomic E-state index is 11.5. The van der Waals surface area contributed by atoms with E-state index in [4.69, 9.17) is 9.53 Å². The monoisotopic (exact) mass is 627 g/mol. The van der Waals surface area contributed by atoms with Gasteiger partial charge in [-0.05, 0) is 101 Å². The first-order chi connectivity index (χ1) is 21.0. The minimum Gasteiger partial charge on any atom is -0.444 e. The molecular weight excluding hydrogens is 566 g/mol. The Kier molecular flexibility index (Phi) is 24.6. The molecule has 1 aliphatic heterocycles. The summed E-state index contributed by atoms with van der Waals surface area (Å²) in [4.78, 5) is 22.5. The zero-order valence-corrected chi connectivity index (χ0v) is 29.6. The van der Waals surface area contributed by atoms with E-state index in [1.165, 1.54) is 29.5 Å². The van der Waals surface area contributed by atoms with Gasteiger partial charge in [-0.2, -0.15) is 0 Å². The smallest absolute Gasteiger partial charge is 0.410 e. The molecule has 6 nitrogen and oxygen atoms in total. The van der Waals surface area contributed by atoms with Gasteiger partial charge in [-0.3, -0.25) is 0 Å². The minimum absolute atomic E-state index is 0.170. The molecular formula is C37H61N3O3S. The molecule has 4 atom stereocenters. The highest BCUT2D eigenvalue weighted by Crippen LogP contribution is 2.38. The number of benzene rings is 2. The molecule has 1 aliphatic carbocycles. The SMILES string of the molecule is C=CC1CC1C.C=CNS(=C)c1cccc(CCc2ccccc2)c1.C=O.CC.CN.C[C@H]1CCN(C(=O)OC(C)(C)C)C1.